The van der Waals surface area contributed by atoms with E-state index in [0.717, 1.165) is 0 Å². The molecule has 0 spiro atoms. The number of aromatic nitrogens is 1. The van der Waals surface area contributed by atoms with Crippen molar-refractivity contribution in [2.75, 3.05) is 7.11 Å². The van der Waals surface area contributed by atoms with Gasteiger partial charge in [-0.25, -0.2) is 9.37 Å². The van der Waals surface area contributed by atoms with Gasteiger partial charge in [-0.15, -0.1) is 11.3 Å². The Kier molecular flexibility index (Phi) is 3.41. The zero-order chi connectivity index (χ0) is 12.4. The van der Waals surface area contributed by atoms with Gasteiger partial charge >= 0.3 is 0 Å². The second-order valence-electron chi connectivity index (χ2n) is 3.10. The third kappa shape index (κ3) is 2.30. The van der Waals surface area contributed by atoms with E-state index in [-0.39, 0.29) is 11.5 Å². The molecule has 3 nitrogen and oxygen atoms in total. The molecule has 2 aromatic rings. The minimum Gasteiger partial charge on any atom is -0.496 e. The van der Waals surface area contributed by atoms with Gasteiger partial charge < -0.3 is 4.74 Å². The smallest absolute Gasteiger partial charge is 0.166 e. The third-order valence-corrected chi connectivity index (χ3v) is 3.82. The van der Waals surface area contributed by atoms with E-state index in [1.165, 1.54) is 36.6 Å². The number of hydrogen-bond acceptors (Lipinski definition) is 4. The fourth-order valence-electron chi connectivity index (χ4n) is 1.33. The van der Waals surface area contributed by atoms with Gasteiger partial charge in [0.15, 0.2) is 5.69 Å². The van der Waals surface area contributed by atoms with Crippen molar-refractivity contribution in [1.29, 1.82) is 5.26 Å². The van der Waals surface area contributed by atoms with Crippen molar-refractivity contribution >= 4 is 27.3 Å². The predicted octanol–water partition coefficient (Wildman–Crippen LogP) is 3.59. The van der Waals surface area contributed by atoms with Crippen molar-refractivity contribution in [2.24, 2.45) is 0 Å². The first-order chi connectivity index (χ1) is 8.15. The average molecular weight is 313 g/mol. The highest BCUT2D eigenvalue weighted by atomic mass is 79.9. The molecule has 0 radical (unpaired) electrons. The van der Waals surface area contributed by atoms with Gasteiger partial charge in [-0.2, -0.15) is 5.26 Å². The molecule has 1 aromatic heterocycles. The van der Waals surface area contributed by atoms with E-state index in [1.807, 2.05) is 6.07 Å². The molecular weight excluding hydrogens is 307 g/mol. The zero-order valence-corrected chi connectivity index (χ0v) is 11.1. The van der Waals surface area contributed by atoms with E-state index < -0.39 is 0 Å². The van der Waals surface area contributed by atoms with Gasteiger partial charge in [-0.05, 0) is 34.1 Å². The monoisotopic (exact) mass is 312 g/mol. The van der Waals surface area contributed by atoms with Gasteiger partial charge in [0.2, 0.25) is 0 Å². The molecule has 0 aliphatic heterocycles. The third-order valence-electron chi connectivity index (χ3n) is 2.08. The number of methoxy groups -OCH3 is 1. The minimum absolute atomic E-state index is 0.288. The van der Waals surface area contributed by atoms with Crippen LogP contribution in [-0.2, 0) is 0 Å². The van der Waals surface area contributed by atoms with E-state index in [4.69, 9.17) is 10.00 Å². The molecule has 0 aliphatic carbocycles. The van der Waals surface area contributed by atoms with E-state index in [2.05, 4.69) is 20.9 Å². The van der Waals surface area contributed by atoms with Crippen LogP contribution in [0.2, 0.25) is 0 Å². The Morgan fingerprint density at radius 2 is 2.29 bits per heavy atom. The summed E-state index contributed by atoms with van der Waals surface area (Å²) in [4.78, 5) is 4.11. The molecule has 0 aliphatic rings. The van der Waals surface area contributed by atoms with Crippen molar-refractivity contribution in [3.8, 4) is 22.4 Å². The summed E-state index contributed by atoms with van der Waals surface area (Å²) in [6.07, 6.45) is 0. The van der Waals surface area contributed by atoms with Crippen LogP contribution in [0.15, 0.2) is 22.0 Å². The Morgan fingerprint density at radius 1 is 1.53 bits per heavy atom. The van der Waals surface area contributed by atoms with Crippen LogP contribution in [0.25, 0.3) is 10.6 Å². The molecule has 0 fully saturated rings. The number of halogens is 2. The summed E-state index contributed by atoms with van der Waals surface area (Å²) in [5.41, 5.74) is 0.830. The van der Waals surface area contributed by atoms with Crippen molar-refractivity contribution < 1.29 is 9.13 Å². The van der Waals surface area contributed by atoms with Crippen LogP contribution in [0, 0.1) is 17.1 Å². The highest BCUT2D eigenvalue weighted by Crippen LogP contribution is 2.36. The topological polar surface area (TPSA) is 45.9 Å². The summed E-state index contributed by atoms with van der Waals surface area (Å²) in [6, 6.07) is 6.14. The van der Waals surface area contributed by atoms with Gasteiger partial charge in [-0.1, -0.05) is 0 Å². The fourth-order valence-corrected chi connectivity index (χ4v) is 2.73. The van der Waals surface area contributed by atoms with Crippen molar-refractivity contribution in [2.45, 2.75) is 0 Å². The molecule has 0 unspecified atom stereocenters. The fraction of sp³-hybridized carbons (Fsp3) is 0.0909. The van der Waals surface area contributed by atoms with Crippen LogP contribution in [-0.4, -0.2) is 12.1 Å². The van der Waals surface area contributed by atoms with E-state index >= 15 is 0 Å². The molecule has 1 aromatic carbocycles. The normalized spacial score (nSPS) is 10.0. The van der Waals surface area contributed by atoms with Crippen LogP contribution >= 0.6 is 27.3 Å². The summed E-state index contributed by atoms with van der Waals surface area (Å²) in [5, 5.41) is 9.36. The highest BCUT2D eigenvalue weighted by molar-refractivity contribution is 9.11. The Balaban J connectivity index is 2.59. The van der Waals surface area contributed by atoms with E-state index in [9.17, 15) is 4.39 Å². The van der Waals surface area contributed by atoms with Crippen molar-refractivity contribution in [3.63, 3.8) is 0 Å². The molecule has 0 atom stereocenters. The summed E-state index contributed by atoms with van der Waals surface area (Å²) in [7, 11) is 1.50. The molecule has 17 heavy (non-hydrogen) atoms. The Labute approximate surface area is 110 Å². The Morgan fingerprint density at radius 3 is 2.88 bits per heavy atom. The van der Waals surface area contributed by atoms with Gasteiger partial charge in [0.25, 0.3) is 0 Å². The molecule has 0 bridgehead atoms. The molecular formula is C11H6BrFN2OS. The first kappa shape index (κ1) is 12.0. The Hall–Kier alpha value is -1.45. The molecule has 2 rings (SSSR count). The Bertz CT molecular complexity index is 606. The number of hydrogen-bond donors (Lipinski definition) is 0. The first-order valence-corrected chi connectivity index (χ1v) is 6.17. The van der Waals surface area contributed by atoms with Gasteiger partial charge in [0.1, 0.15) is 26.4 Å². The number of thiazole rings is 1. The molecule has 6 heteroatoms. The average Bonchev–Trinajstić information content (AvgIpc) is 2.70. The van der Waals surface area contributed by atoms with Gasteiger partial charge in [0.05, 0.1) is 12.7 Å². The van der Waals surface area contributed by atoms with Crippen LogP contribution in [0.1, 0.15) is 5.69 Å². The standard InChI is InChI=1S/C11H6BrFN2OS/c1-16-9-3-2-6(13)4-7(9)11-15-8(5-14)10(12)17-11/h2-4H,1H3. The lowest BCUT2D eigenvalue weighted by molar-refractivity contribution is 0.415. The zero-order valence-electron chi connectivity index (χ0n) is 8.70. The first-order valence-electron chi connectivity index (χ1n) is 4.56. The van der Waals surface area contributed by atoms with Crippen molar-refractivity contribution in [1.82, 2.24) is 4.98 Å². The second-order valence-corrected chi connectivity index (χ2v) is 5.41. The minimum atomic E-state index is -0.370. The number of rotatable bonds is 2. The largest absolute Gasteiger partial charge is 0.496 e. The molecule has 1 heterocycles. The summed E-state index contributed by atoms with van der Waals surface area (Å²) >= 11 is 4.51. The summed E-state index contributed by atoms with van der Waals surface area (Å²) in [5.74, 6) is 0.155. The SMILES string of the molecule is COc1ccc(F)cc1-c1nc(C#N)c(Br)s1. The molecule has 0 amide bonds. The summed E-state index contributed by atoms with van der Waals surface area (Å²) < 4.78 is 19.0. The maximum Gasteiger partial charge on any atom is 0.166 e. The van der Waals surface area contributed by atoms with Crippen LogP contribution < -0.4 is 4.74 Å². The molecule has 86 valence electrons. The molecule has 0 N–H and O–H groups in total. The van der Waals surface area contributed by atoms with Gasteiger partial charge in [0, 0.05) is 0 Å². The number of nitrogens with zero attached hydrogens (tertiary/aromatic N) is 2. The molecule has 0 saturated heterocycles. The number of benzene rings is 1. The summed E-state index contributed by atoms with van der Waals surface area (Å²) in [6.45, 7) is 0. The lowest BCUT2D eigenvalue weighted by Crippen LogP contribution is -1.89. The number of nitriles is 1. The molecule has 0 saturated carbocycles. The van der Waals surface area contributed by atoms with Crippen LogP contribution in [0.3, 0.4) is 0 Å². The van der Waals surface area contributed by atoms with Crippen LogP contribution in [0.4, 0.5) is 4.39 Å². The maximum atomic E-state index is 13.2. The van der Waals surface area contributed by atoms with Crippen molar-refractivity contribution in [3.05, 3.63) is 33.5 Å². The maximum absolute atomic E-state index is 13.2. The quantitative estimate of drug-likeness (QED) is 0.851. The van der Waals surface area contributed by atoms with Gasteiger partial charge in [-0.3, -0.25) is 0 Å². The van der Waals surface area contributed by atoms with Crippen LogP contribution in [0.5, 0.6) is 5.75 Å². The lowest BCUT2D eigenvalue weighted by atomic mass is 10.2. The lowest BCUT2D eigenvalue weighted by Gasteiger charge is -2.05. The predicted molar refractivity (Wildman–Crippen MR) is 66.5 cm³/mol. The highest BCUT2D eigenvalue weighted by Gasteiger charge is 2.14. The van der Waals surface area contributed by atoms with E-state index in [0.29, 0.717) is 20.1 Å². The second kappa shape index (κ2) is 4.82. The number of ether oxygens (including phenoxy) is 1. The van der Waals surface area contributed by atoms with E-state index in [1.54, 1.807) is 0 Å².